The van der Waals surface area contributed by atoms with Gasteiger partial charge in [-0.2, -0.15) is 0 Å². The average Bonchev–Trinajstić information content (AvgIpc) is 2.59. The fourth-order valence-electron chi connectivity index (χ4n) is 3.76. The first-order valence-corrected chi connectivity index (χ1v) is 9.28. The third kappa shape index (κ3) is 4.93. The summed E-state index contributed by atoms with van der Waals surface area (Å²) in [5, 5.41) is 7.60. The third-order valence-electron chi connectivity index (χ3n) is 5.07. The summed E-state index contributed by atoms with van der Waals surface area (Å²) in [6.45, 7) is 6.26. The fraction of sp³-hybridized carbons (Fsp3) is 0.455. The third-order valence-corrected chi connectivity index (χ3v) is 5.07. The van der Waals surface area contributed by atoms with E-state index in [1.807, 2.05) is 0 Å². The van der Waals surface area contributed by atoms with E-state index in [1.165, 1.54) is 47.9 Å². The Kier molecular flexibility index (Phi) is 6.06. The summed E-state index contributed by atoms with van der Waals surface area (Å²) in [5.41, 5.74) is 5.45. The Balaban J connectivity index is 1.55. The monoisotopic (exact) mass is 322 g/mol. The Morgan fingerprint density at radius 2 is 1.21 bits per heavy atom. The number of aryl methyl sites for hydroxylation is 2. The van der Waals surface area contributed by atoms with Crippen molar-refractivity contribution < 1.29 is 0 Å². The second-order valence-corrected chi connectivity index (χ2v) is 7.24. The predicted octanol–water partition coefficient (Wildman–Crippen LogP) is 4.49. The maximum Gasteiger partial charge on any atom is 0.0224 e. The van der Waals surface area contributed by atoms with Gasteiger partial charge in [-0.05, 0) is 37.8 Å². The van der Waals surface area contributed by atoms with Crippen molar-refractivity contribution in [2.75, 3.05) is 0 Å². The van der Waals surface area contributed by atoms with Crippen LogP contribution >= 0.6 is 0 Å². The molecule has 0 radical (unpaired) electrons. The highest BCUT2D eigenvalue weighted by molar-refractivity contribution is 5.23. The van der Waals surface area contributed by atoms with Crippen molar-refractivity contribution in [3.05, 3.63) is 70.8 Å². The Labute approximate surface area is 146 Å². The smallest absolute Gasteiger partial charge is 0.0224 e. The molecule has 0 heterocycles. The summed E-state index contributed by atoms with van der Waals surface area (Å²) in [5.74, 6) is 0. The molecule has 2 aromatic carbocycles. The molecule has 0 aromatic heterocycles. The first kappa shape index (κ1) is 17.2. The minimum Gasteiger partial charge on any atom is -0.308 e. The van der Waals surface area contributed by atoms with Gasteiger partial charge in [0.2, 0.25) is 0 Å². The molecule has 3 rings (SSSR count). The number of benzene rings is 2. The van der Waals surface area contributed by atoms with Gasteiger partial charge in [-0.1, -0.05) is 72.5 Å². The molecule has 2 atom stereocenters. The van der Waals surface area contributed by atoms with Crippen LogP contribution in [0.2, 0.25) is 0 Å². The molecule has 2 N–H and O–H groups in total. The lowest BCUT2D eigenvalue weighted by atomic mass is 9.90. The second-order valence-electron chi connectivity index (χ2n) is 7.24. The van der Waals surface area contributed by atoms with Crippen molar-refractivity contribution in [2.45, 2.75) is 64.7 Å². The molecular formula is C22H30N2. The molecule has 2 nitrogen and oxygen atoms in total. The van der Waals surface area contributed by atoms with Crippen molar-refractivity contribution in [3.8, 4) is 0 Å². The molecule has 0 saturated heterocycles. The lowest BCUT2D eigenvalue weighted by molar-refractivity contribution is 0.281. The van der Waals surface area contributed by atoms with Gasteiger partial charge in [0, 0.05) is 25.2 Å². The highest BCUT2D eigenvalue weighted by atomic mass is 15.0. The van der Waals surface area contributed by atoms with Crippen molar-refractivity contribution >= 4 is 0 Å². The van der Waals surface area contributed by atoms with Crippen LogP contribution < -0.4 is 10.6 Å². The van der Waals surface area contributed by atoms with Gasteiger partial charge in [0.1, 0.15) is 0 Å². The van der Waals surface area contributed by atoms with E-state index in [-0.39, 0.29) is 0 Å². The van der Waals surface area contributed by atoms with E-state index >= 15 is 0 Å². The lowest BCUT2D eigenvalue weighted by Gasteiger charge is -2.33. The largest absolute Gasteiger partial charge is 0.308 e. The number of rotatable bonds is 6. The summed E-state index contributed by atoms with van der Waals surface area (Å²) in [4.78, 5) is 0. The SMILES string of the molecule is Cc1cccc(CNC2CCCCC2NCc2cccc(C)c2)c1. The maximum atomic E-state index is 3.80. The van der Waals surface area contributed by atoms with E-state index in [9.17, 15) is 0 Å². The molecule has 1 aliphatic carbocycles. The van der Waals surface area contributed by atoms with Gasteiger partial charge in [0.15, 0.2) is 0 Å². The summed E-state index contributed by atoms with van der Waals surface area (Å²) in [7, 11) is 0. The lowest BCUT2D eigenvalue weighted by Crippen LogP contribution is -2.49. The molecular weight excluding hydrogens is 292 g/mol. The van der Waals surface area contributed by atoms with E-state index in [0.29, 0.717) is 12.1 Å². The number of nitrogens with one attached hydrogen (secondary N) is 2. The van der Waals surface area contributed by atoms with Crippen molar-refractivity contribution in [2.24, 2.45) is 0 Å². The summed E-state index contributed by atoms with van der Waals surface area (Å²) < 4.78 is 0. The summed E-state index contributed by atoms with van der Waals surface area (Å²) in [6, 6.07) is 18.8. The van der Waals surface area contributed by atoms with Crippen molar-refractivity contribution in [1.29, 1.82) is 0 Å². The van der Waals surface area contributed by atoms with E-state index in [4.69, 9.17) is 0 Å². The Morgan fingerprint density at radius 3 is 1.62 bits per heavy atom. The topological polar surface area (TPSA) is 24.1 Å². The van der Waals surface area contributed by atoms with E-state index in [0.717, 1.165) is 13.1 Å². The summed E-state index contributed by atoms with van der Waals surface area (Å²) in [6.07, 6.45) is 5.23. The molecule has 24 heavy (non-hydrogen) atoms. The van der Waals surface area contributed by atoms with Crippen LogP contribution in [0.3, 0.4) is 0 Å². The standard InChI is InChI=1S/C22H30N2/c1-17-7-5-9-19(13-17)15-23-21-11-3-4-12-22(21)24-16-20-10-6-8-18(2)14-20/h5-10,13-14,21-24H,3-4,11-12,15-16H2,1-2H3. The highest BCUT2D eigenvalue weighted by Crippen LogP contribution is 2.20. The van der Waals surface area contributed by atoms with Crippen LogP contribution in [0.5, 0.6) is 0 Å². The number of hydrogen-bond acceptors (Lipinski definition) is 2. The molecule has 128 valence electrons. The van der Waals surface area contributed by atoms with Crippen LogP contribution in [0.1, 0.15) is 47.9 Å². The Hall–Kier alpha value is -1.64. The minimum absolute atomic E-state index is 0.573. The van der Waals surface area contributed by atoms with Gasteiger partial charge >= 0.3 is 0 Å². The average molecular weight is 322 g/mol. The zero-order chi connectivity index (χ0) is 16.8. The Morgan fingerprint density at radius 1 is 0.750 bits per heavy atom. The van der Waals surface area contributed by atoms with E-state index < -0.39 is 0 Å². The van der Waals surface area contributed by atoms with Crippen LogP contribution in [-0.4, -0.2) is 12.1 Å². The number of hydrogen-bond donors (Lipinski definition) is 2. The predicted molar refractivity (Wildman–Crippen MR) is 102 cm³/mol. The molecule has 2 heteroatoms. The second kappa shape index (κ2) is 8.46. The van der Waals surface area contributed by atoms with Crippen molar-refractivity contribution in [1.82, 2.24) is 10.6 Å². The molecule has 1 aliphatic rings. The van der Waals surface area contributed by atoms with Crippen LogP contribution in [-0.2, 0) is 13.1 Å². The molecule has 0 spiro atoms. The first-order valence-electron chi connectivity index (χ1n) is 9.28. The zero-order valence-corrected chi connectivity index (χ0v) is 15.0. The quantitative estimate of drug-likeness (QED) is 0.818. The van der Waals surface area contributed by atoms with Crippen LogP contribution in [0.4, 0.5) is 0 Å². The van der Waals surface area contributed by atoms with Crippen LogP contribution in [0, 0.1) is 13.8 Å². The zero-order valence-electron chi connectivity index (χ0n) is 15.0. The van der Waals surface area contributed by atoms with Crippen LogP contribution in [0.25, 0.3) is 0 Å². The maximum absolute atomic E-state index is 3.80. The fourth-order valence-corrected chi connectivity index (χ4v) is 3.76. The van der Waals surface area contributed by atoms with Gasteiger partial charge in [-0.15, -0.1) is 0 Å². The van der Waals surface area contributed by atoms with Crippen molar-refractivity contribution in [3.63, 3.8) is 0 Å². The normalized spacial score (nSPS) is 20.9. The van der Waals surface area contributed by atoms with E-state index in [1.54, 1.807) is 0 Å². The molecule has 2 aromatic rings. The minimum atomic E-state index is 0.573. The van der Waals surface area contributed by atoms with Gasteiger partial charge in [-0.3, -0.25) is 0 Å². The molecule has 0 aliphatic heterocycles. The van der Waals surface area contributed by atoms with Gasteiger partial charge in [-0.25, -0.2) is 0 Å². The summed E-state index contributed by atoms with van der Waals surface area (Å²) >= 11 is 0. The molecule has 2 unspecified atom stereocenters. The molecule has 0 amide bonds. The van der Waals surface area contributed by atoms with Crippen LogP contribution in [0.15, 0.2) is 48.5 Å². The first-order chi connectivity index (χ1) is 11.7. The van der Waals surface area contributed by atoms with Gasteiger partial charge in [0.05, 0.1) is 0 Å². The van der Waals surface area contributed by atoms with Gasteiger partial charge < -0.3 is 10.6 Å². The molecule has 1 fully saturated rings. The molecule has 0 bridgehead atoms. The van der Waals surface area contributed by atoms with E-state index in [2.05, 4.69) is 73.0 Å². The molecule has 1 saturated carbocycles. The highest BCUT2D eigenvalue weighted by Gasteiger charge is 2.24. The van der Waals surface area contributed by atoms with Gasteiger partial charge in [0.25, 0.3) is 0 Å². The Bertz CT molecular complexity index is 592.